The number of hydrogen-bond donors (Lipinski definition) is 3. The second-order valence-corrected chi connectivity index (χ2v) is 8.87. The molecule has 0 heterocycles. The standard InChI is InChI=1S/C26H30N2O6/c1-33-15-23(25(30)31)28-24(29)16-10-12-17(13-11-16)27-26(32)34-14-22-20-8-4-2-6-18(20)19-7-3-5-9-21(19)22/h2-9,16-17,22-23H,10-15H2,1H3,(H,27,32)(H,28,29)(H,30,31)/t16?,17?,23-/m0/s1. The highest BCUT2D eigenvalue weighted by Crippen LogP contribution is 2.44. The number of aliphatic carboxylic acids is 1. The van der Waals surface area contributed by atoms with Crippen LogP contribution in [0.25, 0.3) is 11.1 Å². The molecule has 1 atom stereocenters. The summed E-state index contributed by atoms with van der Waals surface area (Å²) < 4.78 is 10.5. The number of amides is 2. The van der Waals surface area contributed by atoms with Crippen molar-refractivity contribution in [2.75, 3.05) is 20.3 Å². The molecule has 0 aliphatic heterocycles. The fourth-order valence-electron chi connectivity index (χ4n) is 4.94. The largest absolute Gasteiger partial charge is 0.480 e. The van der Waals surface area contributed by atoms with Crippen LogP contribution in [0.3, 0.4) is 0 Å². The first-order valence-corrected chi connectivity index (χ1v) is 11.6. The number of carboxylic acids is 1. The van der Waals surface area contributed by atoms with Crippen molar-refractivity contribution >= 4 is 18.0 Å². The molecule has 2 aromatic rings. The molecule has 0 radical (unpaired) electrons. The summed E-state index contributed by atoms with van der Waals surface area (Å²) in [5.74, 6) is -1.68. The number of nitrogens with one attached hydrogen (secondary N) is 2. The zero-order chi connectivity index (χ0) is 24.1. The Morgan fingerprint density at radius 2 is 1.56 bits per heavy atom. The minimum Gasteiger partial charge on any atom is -0.480 e. The number of hydrogen-bond acceptors (Lipinski definition) is 5. The molecule has 2 aliphatic rings. The van der Waals surface area contributed by atoms with Gasteiger partial charge in [-0.3, -0.25) is 4.79 Å². The van der Waals surface area contributed by atoms with E-state index in [1.54, 1.807) is 0 Å². The average Bonchev–Trinajstić information content (AvgIpc) is 3.16. The third-order valence-corrected chi connectivity index (χ3v) is 6.71. The van der Waals surface area contributed by atoms with Crippen LogP contribution in [-0.4, -0.2) is 55.5 Å². The van der Waals surface area contributed by atoms with E-state index in [-0.39, 0.29) is 37.0 Å². The topological polar surface area (TPSA) is 114 Å². The number of carboxylic acid groups (broad SMARTS) is 1. The highest BCUT2D eigenvalue weighted by atomic mass is 16.5. The van der Waals surface area contributed by atoms with Crippen LogP contribution >= 0.6 is 0 Å². The third kappa shape index (κ3) is 5.22. The fourth-order valence-corrected chi connectivity index (χ4v) is 4.94. The second kappa shape index (κ2) is 10.7. The van der Waals surface area contributed by atoms with Crippen LogP contribution in [0, 0.1) is 5.92 Å². The molecule has 1 fully saturated rings. The van der Waals surface area contributed by atoms with E-state index in [0.29, 0.717) is 25.7 Å². The molecule has 2 aromatic carbocycles. The molecule has 0 aromatic heterocycles. The van der Waals surface area contributed by atoms with Crippen LogP contribution in [0.2, 0.25) is 0 Å². The average molecular weight is 467 g/mol. The monoisotopic (exact) mass is 466 g/mol. The smallest absolute Gasteiger partial charge is 0.407 e. The number of carbonyl (C=O) groups excluding carboxylic acids is 2. The lowest BCUT2D eigenvalue weighted by Crippen LogP contribution is -2.47. The van der Waals surface area contributed by atoms with Gasteiger partial charge in [0.15, 0.2) is 6.04 Å². The minimum atomic E-state index is -1.12. The maximum Gasteiger partial charge on any atom is 0.407 e. The Labute approximate surface area is 198 Å². The van der Waals surface area contributed by atoms with Gasteiger partial charge in [-0.15, -0.1) is 0 Å². The number of benzene rings is 2. The molecular weight excluding hydrogens is 436 g/mol. The number of carbonyl (C=O) groups is 3. The maximum absolute atomic E-state index is 12.5. The molecular formula is C26H30N2O6. The van der Waals surface area contributed by atoms with Crippen LogP contribution in [-0.2, 0) is 19.1 Å². The van der Waals surface area contributed by atoms with Gasteiger partial charge >= 0.3 is 12.1 Å². The summed E-state index contributed by atoms with van der Waals surface area (Å²) in [5.41, 5.74) is 4.69. The van der Waals surface area contributed by atoms with Gasteiger partial charge in [0, 0.05) is 25.0 Å². The molecule has 180 valence electrons. The van der Waals surface area contributed by atoms with Crippen molar-refractivity contribution in [2.45, 2.75) is 43.7 Å². The predicted octanol–water partition coefficient (Wildman–Crippen LogP) is 3.30. The van der Waals surface area contributed by atoms with Crippen LogP contribution in [0.4, 0.5) is 4.79 Å². The Balaban J connectivity index is 1.25. The van der Waals surface area contributed by atoms with Crippen LogP contribution in [0.1, 0.15) is 42.7 Å². The zero-order valence-electron chi connectivity index (χ0n) is 19.2. The Hall–Kier alpha value is -3.39. The summed E-state index contributed by atoms with van der Waals surface area (Å²) in [5, 5.41) is 14.6. The number of methoxy groups -OCH3 is 1. The lowest BCUT2D eigenvalue weighted by molar-refractivity contribution is -0.144. The Bertz CT molecular complexity index is 1000. The predicted molar refractivity (Wildman–Crippen MR) is 125 cm³/mol. The van der Waals surface area contributed by atoms with E-state index >= 15 is 0 Å². The molecule has 4 rings (SSSR count). The highest BCUT2D eigenvalue weighted by Gasteiger charge is 2.31. The summed E-state index contributed by atoms with van der Waals surface area (Å²) in [6, 6.07) is 15.2. The van der Waals surface area contributed by atoms with Gasteiger partial charge in [-0.05, 0) is 47.9 Å². The van der Waals surface area contributed by atoms with Crippen molar-refractivity contribution < 1.29 is 29.0 Å². The molecule has 1 saturated carbocycles. The van der Waals surface area contributed by atoms with Gasteiger partial charge < -0.3 is 25.2 Å². The van der Waals surface area contributed by atoms with Crippen molar-refractivity contribution in [3.05, 3.63) is 59.7 Å². The van der Waals surface area contributed by atoms with Crippen molar-refractivity contribution in [2.24, 2.45) is 5.92 Å². The number of alkyl carbamates (subject to hydrolysis) is 1. The molecule has 8 heteroatoms. The summed E-state index contributed by atoms with van der Waals surface area (Å²) in [6.45, 7) is 0.174. The Morgan fingerprint density at radius 1 is 0.971 bits per heavy atom. The molecule has 0 saturated heterocycles. The van der Waals surface area contributed by atoms with Gasteiger partial charge in [0.05, 0.1) is 6.61 Å². The van der Waals surface area contributed by atoms with Gasteiger partial charge in [-0.25, -0.2) is 9.59 Å². The minimum absolute atomic E-state index is 0.00636. The van der Waals surface area contributed by atoms with Crippen LogP contribution in [0.5, 0.6) is 0 Å². The van der Waals surface area contributed by atoms with Crippen LogP contribution < -0.4 is 10.6 Å². The van der Waals surface area contributed by atoms with Gasteiger partial charge in [-0.1, -0.05) is 48.5 Å². The van der Waals surface area contributed by atoms with E-state index in [2.05, 4.69) is 34.9 Å². The quantitative estimate of drug-likeness (QED) is 0.550. The third-order valence-electron chi connectivity index (χ3n) is 6.71. The van der Waals surface area contributed by atoms with Crippen molar-refractivity contribution in [3.63, 3.8) is 0 Å². The summed E-state index contributed by atoms with van der Waals surface area (Å²) in [4.78, 5) is 36.2. The van der Waals surface area contributed by atoms with Crippen LogP contribution in [0.15, 0.2) is 48.5 Å². The van der Waals surface area contributed by atoms with E-state index < -0.39 is 18.1 Å². The summed E-state index contributed by atoms with van der Waals surface area (Å²) in [6.07, 6.45) is 1.94. The zero-order valence-corrected chi connectivity index (χ0v) is 19.2. The van der Waals surface area contributed by atoms with Gasteiger partial charge in [-0.2, -0.15) is 0 Å². The van der Waals surface area contributed by atoms with Gasteiger partial charge in [0.2, 0.25) is 5.91 Å². The van der Waals surface area contributed by atoms with Crippen molar-refractivity contribution in [1.29, 1.82) is 0 Å². The SMILES string of the molecule is COC[C@H](NC(=O)C1CCC(NC(=O)OCC2c3ccccc3-c3ccccc32)CC1)C(=O)O. The summed E-state index contributed by atoms with van der Waals surface area (Å²) in [7, 11) is 1.39. The molecule has 34 heavy (non-hydrogen) atoms. The first kappa shape index (κ1) is 23.8. The van der Waals surface area contributed by atoms with Gasteiger partial charge in [0.1, 0.15) is 6.61 Å². The maximum atomic E-state index is 12.5. The number of fused-ring (bicyclic) bond motifs is 3. The lowest BCUT2D eigenvalue weighted by atomic mass is 9.85. The lowest BCUT2D eigenvalue weighted by Gasteiger charge is -2.29. The highest BCUT2D eigenvalue weighted by molar-refractivity contribution is 5.85. The molecule has 0 unspecified atom stereocenters. The normalized spacial score (nSPS) is 20.0. The number of ether oxygens (including phenoxy) is 2. The van der Waals surface area contributed by atoms with E-state index in [1.807, 2.05) is 24.3 Å². The Morgan fingerprint density at radius 3 is 2.12 bits per heavy atom. The molecule has 2 amide bonds. The molecule has 8 nitrogen and oxygen atoms in total. The number of rotatable bonds is 8. The van der Waals surface area contributed by atoms with Crippen molar-refractivity contribution in [1.82, 2.24) is 10.6 Å². The first-order chi connectivity index (χ1) is 16.5. The molecule has 3 N–H and O–H groups in total. The second-order valence-electron chi connectivity index (χ2n) is 8.87. The van der Waals surface area contributed by atoms with Gasteiger partial charge in [0.25, 0.3) is 0 Å². The first-order valence-electron chi connectivity index (χ1n) is 11.6. The molecule has 0 bridgehead atoms. The fraction of sp³-hybridized carbons (Fsp3) is 0.423. The molecule has 2 aliphatic carbocycles. The Kier molecular flexibility index (Phi) is 7.47. The van der Waals surface area contributed by atoms with Crippen molar-refractivity contribution in [3.8, 4) is 11.1 Å². The summed E-state index contributed by atoms with van der Waals surface area (Å²) >= 11 is 0. The molecule has 0 spiro atoms. The van der Waals surface area contributed by atoms with E-state index in [4.69, 9.17) is 9.47 Å². The van der Waals surface area contributed by atoms with E-state index in [1.165, 1.54) is 18.2 Å². The van der Waals surface area contributed by atoms with E-state index in [0.717, 1.165) is 11.1 Å². The van der Waals surface area contributed by atoms with E-state index in [9.17, 15) is 19.5 Å².